The second-order valence-corrected chi connectivity index (χ2v) is 5.17. The molecule has 2 aromatic heterocycles. The van der Waals surface area contributed by atoms with Crippen molar-refractivity contribution in [3.8, 4) is 0 Å². The molecule has 102 valence electrons. The fourth-order valence-electron chi connectivity index (χ4n) is 2.16. The summed E-state index contributed by atoms with van der Waals surface area (Å²) in [5.74, 6) is 1.59. The van der Waals surface area contributed by atoms with Crippen LogP contribution in [0.15, 0.2) is 18.6 Å². The quantitative estimate of drug-likeness (QED) is 0.732. The van der Waals surface area contributed by atoms with Crippen LogP contribution in [-0.2, 0) is 0 Å². The van der Waals surface area contributed by atoms with Crippen molar-refractivity contribution in [1.82, 2.24) is 14.4 Å². The van der Waals surface area contributed by atoms with E-state index in [4.69, 9.17) is 0 Å². The van der Waals surface area contributed by atoms with Crippen molar-refractivity contribution in [2.75, 3.05) is 30.3 Å². The van der Waals surface area contributed by atoms with E-state index < -0.39 is 0 Å². The summed E-state index contributed by atoms with van der Waals surface area (Å²) in [7, 11) is 0. The van der Waals surface area contributed by atoms with Crippen LogP contribution in [0.4, 0.5) is 11.6 Å². The molecule has 2 aromatic rings. The summed E-state index contributed by atoms with van der Waals surface area (Å²) in [5.41, 5.74) is 0.870. The van der Waals surface area contributed by atoms with Gasteiger partial charge in [0.15, 0.2) is 11.5 Å². The molecular weight excluding hydrogens is 242 g/mol. The maximum atomic E-state index is 9.35. The van der Waals surface area contributed by atoms with Crippen LogP contribution in [0.25, 0.3) is 5.65 Å². The summed E-state index contributed by atoms with van der Waals surface area (Å²) in [6.07, 6.45) is 7.75. The Bertz CT molecular complexity index is 575. The summed E-state index contributed by atoms with van der Waals surface area (Å²) in [4.78, 5) is 8.86. The summed E-state index contributed by atoms with van der Waals surface area (Å²) in [6.45, 7) is 3.84. The molecular formula is C13H19N5O. The molecule has 0 aromatic carbocycles. The number of aliphatic hydroxyl groups excluding tert-OH is 1. The second kappa shape index (κ2) is 4.70. The zero-order valence-corrected chi connectivity index (χ0v) is 11.1. The average Bonchev–Trinajstić information content (AvgIpc) is 3.05. The van der Waals surface area contributed by atoms with Gasteiger partial charge in [-0.2, -0.15) is 0 Å². The number of hydrogen-bond donors (Lipinski definition) is 3. The predicted octanol–water partition coefficient (Wildman–Crippen LogP) is 1.35. The highest BCUT2D eigenvalue weighted by Gasteiger charge is 2.41. The number of rotatable bonds is 6. The Morgan fingerprint density at radius 3 is 2.95 bits per heavy atom. The van der Waals surface area contributed by atoms with E-state index in [-0.39, 0.29) is 12.0 Å². The Hall–Kier alpha value is -1.82. The molecule has 0 amide bonds. The van der Waals surface area contributed by atoms with Crippen molar-refractivity contribution in [2.45, 2.75) is 19.8 Å². The number of anilines is 2. The lowest BCUT2D eigenvalue weighted by Gasteiger charge is -2.14. The Balaban J connectivity index is 1.85. The van der Waals surface area contributed by atoms with Crippen LogP contribution in [0.2, 0.25) is 0 Å². The van der Waals surface area contributed by atoms with E-state index in [0.29, 0.717) is 0 Å². The number of fused-ring (bicyclic) bond motifs is 1. The molecule has 3 rings (SSSR count). The number of aromatic nitrogens is 3. The third-order valence-corrected chi connectivity index (χ3v) is 3.66. The van der Waals surface area contributed by atoms with Gasteiger partial charge in [0, 0.05) is 30.9 Å². The van der Waals surface area contributed by atoms with Gasteiger partial charge in [-0.15, -0.1) is 0 Å². The van der Waals surface area contributed by atoms with E-state index in [1.807, 2.05) is 23.7 Å². The first-order valence-electron chi connectivity index (χ1n) is 6.69. The lowest BCUT2D eigenvalue weighted by Crippen LogP contribution is -2.20. The monoisotopic (exact) mass is 261 g/mol. The number of imidazole rings is 1. The van der Waals surface area contributed by atoms with Crippen molar-refractivity contribution in [1.29, 1.82) is 0 Å². The van der Waals surface area contributed by atoms with Gasteiger partial charge in [0.1, 0.15) is 5.82 Å². The van der Waals surface area contributed by atoms with E-state index in [9.17, 15) is 5.11 Å². The molecule has 0 spiro atoms. The van der Waals surface area contributed by atoms with Crippen LogP contribution < -0.4 is 10.6 Å². The van der Waals surface area contributed by atoms with Crippen molar-refractivity contribution in [2.24, 2.45) is 5.41 Å². The fourth-order valence-corrected chi connectivity index (χ4v) is 2.16. The highest BCUT2D eigenvalue weighted by atomic mass is 16.3. The lowest BCUT2D eigenvalue weighted by molar-refractivity contribution is 0.219. The molecule has 1 fully saturated rings. The molecule has 3 N–H and O–H groups in total. The Kier molecular flexibility index (Phi) is 3.02. The minimum absolute atomic E-state index is 0.0550. The Morgan fingerprint density at radius 1 is 1.42 bits per heavy atom. The highest BCUT2D eigenvalue weighted by Crippen LogP contribution is 2.44. The SMILES string of the molecule is CCNc1cn2ccnc2c(NCC2(CO)CC2)n1. The Morgan fingerprint density at radius 2 is 2.26 bits per heavy atom. The fraction of sp³-hybridized carbons (Fsp3) is 0.538. The lowest BCUT2D eigenvalue weighted by atomic mass is 10.1. The third kappa shape index (κ3) is 2.35. The van der Waals surface area contributed by atoms with E-state index in [1.54, 1.807) is 6.20 Å². The summed E-state index contributed by atoms with van der Waals surface area (Å²) >= 11 is 0. The van der Waals surface area contributed by atoms with Crippen molar-refractivity contribution in [3.05, 3.63) is 18.6 Å². The standard InChI is InChI=1S/C13H19N5O/c1-2-14-10-7-18-6-5-15-12(18)11(17-10)16-8-13(9-19)3-4-13/h5-7,14,19H,2-4,8-9H2,1H3,(H,16,17). The molecule has 0 aliphatic heterocycles. The van der Waals surface area contributed by atoms with Gasteiger partial charge in [0.05, 0.1) is 12.8 Å². The van der Waals surface area contributed by atoms with Gasteiger partial charge in [0.2, 0.25) is 0 Å². The maximum absolute atomic E-state index is 9.35. The molecule has 1 aliphatic carbocycles. The van der Waals surface area contributed by atoms with Gasteiger partial charge in [-0.3, -0.25) is 0 Å². The van der Waals surface area contributed by atoms with Crippen molar-refractivity contribution < 1.29 is 5.11 Å². The van der Waals surface area contributed by atoms with Gasteiger partial charge in [-0.1, -0.05) is 0 Å². The average molecular weight is 261 g/mol. The highest BCUT2D eigenvalue weighted by molar-refractivity contribution is 5.65. The summed E-state index contributed by atoms with van der Waals surface area (Å²) < 4.78 is 1.95. The van der Waals surface area contributed by atoms with Crippen LogP contribution >= 0.6 is 0 Å². The topological polar surface area (TPSA) is 74.5 Å². The van der Waals surface area contributed by atoms with Crippen molar-refractivity contribution >= 4 is 17.3 Å². The molecule has 2 heterocycles. The van der Waals surface area contributed by atoms with Crippen LogP contribution in [0.5, 0.6) is 0 Å². The summed E-state index contributed by atoms with van der Waals surface area (Å²) in [5, 5.41) is 15.9. The molecule has 0 saturated heterocycles. The first kappa shape index (κ1) is 12.2. The molecule has 0 atom stereocenters. The number of nitrogens with one attached hydrogen (secondary N) is 2. The normalized spacial score (nSPS) is 16.5. The van der Waals surface area contributed by atoms with Crippen LogP contribution in [0.3, 0.4) is 0 Å². The third-order valence-electron chi connectivity index (χ3n) is 3.66. The molecule has 0 unspecified atom stereocenters. The molecule has 0 bridgehead atoms. The van der Waals surface area contributed by atoms with Crippen LogP contribution in [0.1, 0.15) is 19.8 Å². The van der Waals surface area contributed by atoms with E-state index in [2.05, 4.69) is 20.6 Å². The largest absolute Gasteiger partial charge is 0.396 e. The van der Waals surface area contributed by atoms with Gasteiger partial charge in [-0.05, 0) is 19.8 Å². The van der Waals surface area contributed by atoms with Gasteiger partial charge in [0.25, 0.3) is 0 Å². The smallest absolute Gasteiger partial charge is 0.180 e. The molecule has 1 aliphatic rings. The predicted molar refractivity (Wildman–Crippen MR) is 74.4 cm³/mol. The van der Waals surface area contributed by atoms with Gasteiger partial charge in [-0.25, -0.2) is 9.97 Å². The number of hydrogen-bond acceptors (Lipinski definition) is 5. The molecule has 1 saturated carbocycles. The Labute approximate surface area is 111 Å². The van der Waals surface area contributed by atoms with E-state index >= 15 is 0 Å². The van der Waals surface area contributed by atoms with E-state index in [0.717, 1.165) is 43.2 Å². The molecule has 0 radical (unpaired) electrons. The number of nitrogens with zero attached hydrogens (tertiary/aromatic N) is 3. The van der Waals surface area contributed by atoms with Crippen molar-refractivity contribution in [3.63, 3.8) is 0 Å². The van der Waals surface area contributed by atoms with Crippen LogP contribution in [0, 0.1) is 5.41 Å². The molecule has 6 nitrogen and oxygen atoms in total. The zero-order valence-electron chi connectivity index (χ0n) is 11.1. The summed E-state index contributed by atoms with van der Waals surface area (Å²) in [6, 6.07) is 0. The molecule has 6 heteroatoms. The van der Waals surface area contributed by atoms with Crippen LogP contribution in [-0.4, -0.2) is 39.2 Å². The molecule has 19 heavy (non-hydrogen) atoms. The minimum atomic E-state index is 0.0550. The first-order chi connectivity index (χ1) is 9.26. The second-order valence-electron chi connectivity index (χ2n) is 5.17. The van der Waals surface area contributed by atoms with Gasteiger partial charge >= 0.3 is 0 Å². The van der Waals surface area contributed by atoms with E-state index in [1.165, 1.54) is 0 Å². The maximum Gasteiger partial charge on any atom is 0.180 e. The van der Waals surface area contributed by atoms with Gasteiger partial charge < -0.3 is 20.1 Å². The zero-order chi connectivity index (χ0) is 13.3. The first-order valence-corrected chi connectivity index (χ1v) is 6.69. The number of aliphatic hydroxyl groups is 1. The minimum Gasteiger partial charge on any atom is -0.396 e.